The first-order valence-electron chi connectivity index (χ1n) is 15.2. The number of rotatable bonds is 5. The largest absolute Gasteiger partial charge is 0.385 e. The minimum absolute atomic E-state index is 0.610. The standard InChI is InChI=1S/C20H14N4.C10H14N2.C6H14O/c1-2-14-10-16-5-6-18(23-16)12-20-8-7-19(24-20)11-17-4-3-15(22-17)9-13(1)21-14;1-12-7-3-5-10(12)9-4-2-6-11-8-9;1-3-4-5-6-7-2/h1-12,21-22H;2,4,6,8,10H,3,5,7H2,1H3;3-6H2,1-2H3. The predicted molar refractivity (Wildman–Crippen MR) is 179 cm³/mol. The molecule has 43 heavy (non-hydrogen) atoms. The molecule has 4 aromatic rings. The zero-order valence-electron chi connectivity index (χ0n) is 25.5. The van der Waals surface area contributed by atoms with Gasteiger partial charge in [-0.2, -0.15) is 0 Å². The summed E-state index contributed by atoms with van der Waals surface area (Å²) < 4.78 is 4.84. The summed E-state index contributed by atoms with van der Waals surface area (Å²) in [5.41, 5.74) is 9.22. The van der Waals surface area contributed by atoms with E-state index in [9.17, 15) is 0 Å². The van der Waals surface area contributed by atoms with E-state index in [1.54, 1.807) is 7.11 Å². The molecule has 0 saturated carbocycles. The number of aromatic amines is 2. The molecule has 3 aliphatic rings. The highest BCUT2D eigenvalue weighted by Crippen LogP contribution is 2.29. The van der Waals surface area contributed by atoms with Crippen LogP contribution in [0.4, 0.5) is 0 Å². The lowest BCUT2D eigenvalue weighted by Crippen LogP contribution is -2.17. The molecule has 0 aromatic carbocycles. The molecular weight excluding hydrogens is 532 g/mol. The van der Waals surface area contributed by atoms with Crippen molar-refractivity contribution in [2.24, 2.45) is 0 Å². The Bertz CT molecular complexity index is 1590. The maximum Gasteiger partial charge on any atom is 0.0659 e. The Morgan fingerprint density at radius 1 is 0.791 bits per heavy atom. The van der Waals surface area contributed by atoms with Crippen molar-refractivity contribution in [2.75, 3.05) is 27.3 Å². The highest BCUT2D eigenvalue weighted by molar-refractivity contribution is 5.77. The summed E-state index contributed by atoms with van der Waals surface area (Å²) in [5, 5.41) is 0. The summed E-state index contributed by atoms with van der Waals surface area (Å²) in [6.07, 6.45) is 18.2. The molecule has 0 aliphatic carbocycles. The molecule has 1 saturated heterocycles. The van der Waals surface area contributed by atoms with Gasteiger partial charge in [0.25, 0.3) is 0 Å². The third-order valence-electron chi connectivity index (χ3n) is 7.58. The zero-order valence-corrected chi connectivity index (χ0v) is 25.5. The SMILES string of the molecule is C1=Cc2cc3ccc(cc4ccc(cc5nc(cc1n2)C=C5)[nH]4)[nH]3.CCCCCOC.CN1CCCC1c1cccnc1. The van der Waals surface area contributed by atoms with Crippen molar-refractivity contribution in [3.05, 3.63) is 101 Å². The Morgan fingerprint density at radius 2 is 1.37 bits per heavy atom. The van der Waals surface area contributed by atoms with Crippen LogP contribution in [0, 0.1) is 0 Å². The van der Waals surface area contributed by atoms with Crippen LogP contribution in [0.1, 0.15) is 73.4 Å². The van der Waals surface area contributed by atoms with E-state index in [1.807, 2.05) is 61.0 Å². The fraction of sp³-hybridized carbons (Fsp3) is 0.306. The summed E-state index contributed by atoms with van der Waals surface area (Å²) in [6.45, 7) is 4.34. The molecule has 1 unspecified atom stereocenters. The summed E-state index contributed by atoms with van der Waals surface area (Å²) in [7, 11) is 3.93. The van der Waals surface area contributed by atoms with E-state index in [-0.39, 0.29) is 0 Å². The lowest BCUT2D eigenvalue weighted by Gasteiger charge is -2.18. The Labute approximate surface area is 254 Å². The van der Waals surface area contributed by atoms with Crippen molar-refractivity contribution < 1.29 is 4.74 Å². The van der Waals surface area contributed by atoms with E-state index in [4.69, 9.17) is 4.74 Å². The van der Waals surface area contributed by atoms with Gasteiger partial charge in [0.15, 0.2) is 0 Å². The number of hydrogen-bond acceptors (Lipinski definition) is 5. The van der Waals surface area contributed by atoms with Crippen LogP contribution in [0.5, 0.6) is 0 Å². The maximum atomic E-state index is 4.84. The topological polar surface area (TPSA) is 82.7 Å². The highest BCUT2D eigenvalue weighted by atomic mass is 16.5. The summed E-state index contributed by atoms with van der Waals surface area (Å²) in [4.78, 5) is 22.6. The van der Waals surface area contributed by atoms with Gasteiger partial charge in [-0.1, -0.05) is 25.8 Å². The number of nitrogens with one attached hydrogen (secondary N) is 2. The molecule has 7 rings (SSSR count). The Morgan fingerprint density at radius 3 is 1.86 bits per heavy atom. The first kappa shape index (κ1) is 30.1. The molecule has 1 fully saturated rings. The number of nitrogens with zero attached hydrogens (tertiary/aromatic N) is 4. The molecule has 0 radical (unpaired) electrons. The van der Waals surface area contributed by atoms with E-state index in [1.165, 1.54) is 44.2 Å². The monoisotopic (exact) mass is 574 g/mol. The number of pyridine rings is 1. The summed E-state index contributed by atoms with van der Waals surface area (Å²) in [6, 6.07) is 21.2. The first-order valence-corrected chi connectivity index (χ1v) is 15.2. The van der Waals surface area contributed by atoms with E-state index in [0.717, 1.165) is 51.4 Å². The Balaban J connectivity index is 0.000000161. The minimum atomic E-state index is 0.610. The lowest BCUT2D eigenvalue weighted by molar-refractivity contribution is 0.192. The third-order valence-corrected chi connectivity index (χ3v) is 7.58. The smallest absolute Gasteiger partial charge is 0.0659 e. The fourth-order valence-electron chi connectivity index (χ4n) is 5.34. The second-order valence-electron chi connectivity index (χ2n) is 11.0. The molecule has 3 aliphatic heterocycles. The number of likely N-dealkylation sites (tertiary alicyclic amines) is 1. The molecule has 2 N–H and O–H groups in total. The van der Waals surface area contributed by atoms with Crippen molar-refractivity contribution >= 4 is 46.4 Å². The first-order chi connectivity index (χ1) is 21.1. The fourth-order valence-corrected chi connectivity index (χ4v) is 5.34. The number of aromatic nitrogens is 5. The van der Waals surface area contributed by atoms with Crippen LogP contribution in [-0.4, -0.2) is 57.1 Å². The van der Waals surface area contributed by atoms with Crippen LogP contribution >= 0.6 is 0 Å². The van der Waals surface area contributed by atoms with E-state index >= 15 is 0 Å². The van der Waals surface area contributed by atoms with Gasteiger partial charge >= 0.3 is 0 Å². The van der Waals surface area contributed by atoms with Crippen molar-refractivity contribution in [3.8, 4) is 0 Å². The Kier molecular flexibility index (Phi) is 10.7. The average Bonchev–Trinajstić information content (AvgIpc) is 3.86. The number of methoxy groups -OCH3 is 1. The third kappa shape index (κ3) is 8.83. The van der Waals surface area contributed by atoms with Crippen LogP contribution in [0.3, 0.4) is 0 Å². The molecular formula is C36H42N6O. The molecule has 7 heteroatoms. The minimum Gasteiger partial charge on any atom is -0.385 e. The van der Waals surface area contributed by atoms with Gasteiger partial charge in [0.2, 0.25) is 0 Å². The normalized spacial score (nSPS) is 15.5. The molecule has 4 aromatic heterocycles. The molecule has 7 nitrogen and oxygen atoms in total. The van der Waals surface area contributed by atoms with Gasteiger partial charge in [0.05, 0.1) is 22.8 Å². The summed E-state index contributed by atoms with van der Waals surface area (Å²) in [5.74, 6) is 0. The quantitative estimate of drug-likeness (QED) is 0.202. The van der Waals surface area contributed by atoms with Crippen molar-refractivity contribution in [2.45, 2.75) is 45.1 Å². The van der Waals surface area contributed by atoms with Crippen LogP contribution in [-0.2, 0) is 4.74 Å². The van der Waals surface area contributed by atoms with Gasteiger partial charge in [-0.05, 0) is 117 Å². The second kappa shape index (κ2) is 15.2. The molecule has 1 atom stereocenters. The van der Waals surface area contributed by atoms with E-state index in [2.05, 4.69) is 80.2 Å². The van der Waals surface area contributed by atoms with Crippen LogP contribution in [0.25, 0.3) is 46.4 Å². The Hall–Kier alpha value is -4.33. The van der Waals surface area contributed by atoms with E-state index in [0.29, 0.717) is 6.04 Å². The molecule has 0 amide bonds. The molecule has 222 valence electrons. The van der Waals surface area contributed by atoms with Crippen LogP contribution in [0.2, 0.25) is 0 Å². The number of ether oxygens (including phenoxy) is 1. The zero-order chi connectivity index (χ0) is 29.9. The summed E-state index contributed by atoms with van der Waals surface area (Å²) >= 11 is 0. The molecule has 8 bridgehead atoms. The predicted octanol–water partition coefficient (Wildman–Crippen LogP) is 8.33. The second-order valence-corrected chi connectivity index (χ2v) is 11.0. The van der Waals surface area contributed by atoms with Gasteiger partial charge in [0, 0.05) is 54.2 Å². The van der Waals surface area contributed by atoms with Gasteiger partial charge in [-0.3, -0.25) is 9.88 Å². The molecule has 0 spiro atoms. The van der Waals surface area contributed by atoms with Gasteiger partial charge < -0.3 is 14.7 Å². The number of unbranched alkanes of at least 4 members (excludes halogenated alkanes) is 2. The molecule has 7 heterocycles. The number of fused-ring (bicyclic) bond motifs is 8. The van der Waals surface area contributed by atoms with Gasteiger partial charge in [0.1, 0.15) is 0 Å². The highest BCUT2D eigenvalue weighted by Gasteiger charge is 2.22. The number of H-pyrrole nitrogens is 2. The average molecular weight is 575 g/mol. The maximum absolute atomic E-state index is 4.84. The number of hydrogen-bond donors (Lipinski definition) is 2. The van der Waals surface area contributed by atoms with Crippen molar-refractivity contribution in [1.82, 2.24) is 29.8 Å². The lowest BCUT2D eigenvalue weighted by atomic mass is 10.1. The van der Waals surface area contributed by atoms with Crippen molar-refractivity contribution in [3.63, 3.8) is 0 Å². The van der Waals surface area contributed by atoms with E-state index < -0.39 is 0 Å². The van der Waals surface area contributed by atoms with Crippen molar-refractivity contribution in [1.29, 1.82) is 0 Å². The van der Waals surface area contributed by atoms with Crippen LogP contribution in [0.15, 0.2) is 73.1 Å². The van der Waals surface area contributed by atoms with Crippen LogP contribution < -0.4 is 0 Å². The van der Waals surface area contributed by atoms with Gasteiger partial charge in [-0.15, -0.1) is 0 Å². The van der Waals surface area contributed by atoms with Gasteiger partial charge in [-0.25, -0.2) is 9.97 Å².